The lowest BCUT2D eigenvalue weighted by Gasteiger charge is -2.00. The molecule has 0 fully saturated rings. The molecule has 0 aliphatic rings. The van der Waals surface area contributed by atoms with Gasteiger partial charge in [-0.15, -0.1) is 0 Å². The first-order valence-electron chi connectivity index (χ1n) is 3.65. The Morgan fingerprint density at radius 3 is 2.83 bits per heavy atom. The number of alkyl halides is 1. The van der Waals surface area contributed by atoms with E-state index in [-0.39, 0.29) is 0 Å². The zero-order valence-electron chi connectivity index (χ0n) is 6.89. The molecule has 0 spiro atoms. The van der Waals surface area contributed by atoms with E-state index >= 15 is 0 Å². The smallest absolute Gasteiger partial charge is 0.0649 e. The van der Waals surface area contributed by atoms with E-state index in [0.717, 1.165) is 16.8 Å². The van der Waals surface area contributed by atoms with Gasteiger partial charge in [-0.1, -0.05) is 39.9 Å². The average Bonchev–Trinajstić information content (AvgIpc) is 2.04. The van der Waals surface area contributed by atoms with Crippen molar-refractivity contribution >= 4 is 21.6 Å². The maximum absolute atomic E-state index is 5.74. The van der Waals surface area contributed by atoms with Gasteiger partial charge in [-0.2, -0.15) is 0 Å². The lowest BCUT2D eigenvalue weighted by Crippen LogP contribution is -1.92. The van der Waals surface area contributed by atoms with Crippen molar-refractivity contribution in [1.82, 2.24) is 0 Å². The highest BCUT2D eigenvalue weighted by molar-refractivity contribution is 9.09. The Bertz CT molecular complexity index is 313. The Morgan fingerprint density at radius 2 is 2.25 bits per heavy atom. The van der Waals surface area contributed by atoms with Crippen molar-refractivity contribution < 1.29 is 0 Å². The molecule has 0 aliphatic heterocycles. The van der Waals surface area contributed by atoms with Gasteiger partial charge in [0, 0.05) is 5.69 Å². The molecule has 12 heavy (non-hydrogen) atoms. The molecule has 2 heteroatoms. The average molecular weight is 224 g/mol. The number of hydrogen-bond donors (Lipinski definition) is 1. The number of halogens is 1. The van der Waals surface area contributed by atoms with Crippen LogP contribution in [-0.4, -0.2) is 5.33 Å². The van der Waals surface area contributed by atoms with Crippen molar-refractivity contribution in [2.24, 2.45) is 0 Å². The van der Waals surface area contributed by atoms with Gasteiger partial charge in [0.25, 0.3) is 0 Å². The molecule has 0 radical (unpaired) electrons. The second-order valence-electron chi connectivity index (χ2n) is 2.47. The lowest BCUT2D eigenvalue weighted by atomic mass is 10.1. The van der Waals surface area contributed by atoms with Crippen LogP contribution < -0.4 is 5.73 Å². The first kappa shape index (κ1) is 9.15. The van der Waals surface area contributed by atoms with E-state index in [2.05, 4.69) is 27.8 Å². The molecule has 2 N–H and O–H groups in total. The van der Waals surface area contributed by atoms with Crippen molar-refractivity contribution in [2.75, 3.05) is 11.1 Å². The molecule has 1 nitrogen and oxygen atoms in total. The summed E-state index contributed by atoms with van der Waals surface area (Å²) in [6, 6.07) is 5.81. The number of aryl methyl sites for hydroxylation is 1. The lowest BCUT2D eigenvalue weighted by molar-refractivity contribution is 1.44. The third-order valence-corrected chi connectivity index (χ3v) is 1.87. The molecular weight excluding hydrogens is 214 g/mol. The minimum absolute atomic E-state index is 0.681. The Labute approximate surface area is 81.1 Å². The summed E-state index contributed by atoms with van der Waals surface area (Å²) < 4.78 is 0. The standard InChI is InChI=1S/C10H10BrN/c1-8-4-2-6-10(12)9(8)5-3-7-11/h2,4,6H,7,12H2,1H3. The van der Waals surface area contributed by atoms with E-state index in [9.17, 15) is 0 Å². The van der Waals surface area contributed by atoms with Gasteiger partial charge in [0.2, 0.25) is 0 Å². The van der Waals surface area contributed by atoms with Crippen LogP contribution >= 0.6 is 15.9 Å². The van der Waals surface area contributed by atoms with Crippen molar-refractivity contribution in [3.05, 3.63) is 29.3 Å². The fourth-order valence-electron chi connectivity index (χ4n) is 0.983. The quantitative estimate of drug-likeness (QED) is 0.408. The summed E-state index contributed by atoms with van der Waals surface area (Å²) in [5.74, 6) is 5.94. The molecule has 0 bridgehead atoms. The minimum atomic E-state index is 0.681. The Hall–Kier alpha value is -0.940. The first-order valence-corrected chi connectivity index (χ1v) is 4.77. The summed E-state index contributed by atoms with van der Waals surface area (Å²) in [5.41, 5.74) is 8.57. The van der Waals surface area contributed by atoms with E-state index in [0.29, 0.717) is 5.33 Å². The zero-order valence-corrected chi connectivity index (χ0v) is 8.48. The van der Waals surface area contributed by atoms with Crippen LogP contribution in [0.1, 0.15) is 11.1 Å². The summed E-state index contributed by atoms with van der Waals surface area (Å²) in [6.07, 6.45) is 0. The fourth-order valence-corrected chi connectivity index (χ4v) is 1.12. The third-order valence-electron chi connectivity index (χ3n) is 1.59. The van der Waals surface area contributed by atoms with Gasteiger partial charge in [0.15, 0.2) is 0 Å². The van der Waals surface area contributed by atoms with Gasteiger partial charge in [0.1, 0.15) is 0 Å². The van der Waals surface area contributed by atoms with Crippen LogP contribution in [0.3, 0.4) is 0 Å². The molecule has 0 atom stereocenters. The molecule has 62 valence electrons. The van der Waals surface area contributed by atoms with Gasteiger partial charge < -0.3 is 5.73 Å². The molecule has 0 aromatic heterocycles. The van der Waals surface area contributed by atoms with Crippen molar-refractivity contribution in [3.63, 3.8) is 0 Å². The van der Waals surface area contributed by atoms with Gasteiger partial charge >= 0.3 is 0 Å². The maximum Gasteiger partial charge on any atom is 0.0649 e. The summed E-state index contributed by atoms with van der Waals surface area (Å²) in [7, 11) is 0. The number of nitrogen functional groups attached to an aromatic ring is 1. The van der Waals surface area contributed by atoms with Crippen LogP contribution in [0.4, 0.5) is 5.69 Å². The van der Waals surface area contributed by atoms with Gasteiger partial charge in [-0.3, -0.25) is 0 Å². The predicted molar refractivity (Wildman–Crippen MR) is 56.3 cm³/mol. The number of benzene rings is 1. The van der Waals surface area contributed by atoms with Crippen LogP contribution in [0.15, 0.2) is 18.2 Å². The molecule has 0 unspecified atom stereocenters. The second-order valence-corrected chi connectivity index (χ2v) is 3.04. The van der Waals surface area contributed by atoms with Crippen LogP contribution in [0.5, 0.6) is 0 Å². The summed E-state index contributed by atoms with van der Waals surface area (Å²) >= 11 is 3.24. The number of anilines is 1. The Balaban J connectivity index is 3.13. The molecular formula is C10H10BrN. The van der Waals surface area contributed by atoms with Crippen molar-refractivity contribution in [1.29, 1.82) is 0 Å². The first-order chi connectivity index (χ1) is 5.75. The topological polar surface area (TPSA) is 26.0 Å². The Morgan fingerprint density at radius 1 is 1.50 bits per heavy atom. The molecule has 0 heterocycles. The van der Waals surface area contributed by atoms with Crippen molar-refractivity contribution in [2.45, 2.75) is 6.92 Å². The number of rotatable bonds is 0. The van der Waals surface area contributed by atoms with Crippen LogP contribution in [-0.2, 0) is 0 Å². The summed E-state index contributed by atoms with van der Waals surface area (Å²) in [6.45, 7) is 2.01. The number of hydrogen-bond acceptors (Lipinski definition) is 1. The highest BCUT2D eigenvalue weighted by atomic mass is 79.9. The van der Waals surface area contributed by atoms with E-state index in [1.165, 1.54) is 0 Å². The second kappa shape index (κ2) is 4.18. The maximum atomic E-state index is 5.74. The normalized spacial score (nSPS) is 8.83. The fraction of sp³-hybridized carbons (Fsp3) is 0.200. The summed E-state index contributed by atoms with van der Waals surface area (Å²) in [5, 5.41) is 0.681. The van der Waals surface area contributed by atoms with Gasteiger partial charge in [-0.25, -0.2) is 0 Å². The van der Waals surface area contributed by atoms with E-state index < -0.39 is 0 Å². The third kappa shape index (κ3) is 2.02. The minimum Gasteiger partial charge on any atom is -0.398 e. The molecule has 1 aromatic carbocycles. The largest absolute Gasteiger partial charge is 0.398 e. The van der Waals surface area contributed by atoms with E-state index in [1.807, 2.05) is 25.1 Å². The molecule has 0 aliphatic carbocycles. The summed E-state index contributed by atoms with van der Waals surface area (Å²) in [4.78, 5) is 0. The predicted octanol–water partition coefficient (Wildman–Crippen LogP) is 2.32. The van der Waals surface area contributed by atoms with E-state index in [4.69, 9.17) is 5.73 Å². The zero-order chi connectivity index (χ0) is 8.97. The Kier molecular flexibility index (Phi) is 3.19. The molecule has 0 saturated heterocycles. The van der Waals surface area contributed by atoms with Gasteiger partial charge in [0.05, 0.1) is 10.9 Å². The van der Waals surface area contributed by atoms with Gasteiger partial charge in [-0.05, 0) is 18.6 Å². The highest BCUT2D eigenvalue weighted by Gasteiger charge is 1.96. The SMILES string of the molecule is Cc1cccc(N)c1C#CCBr. The highest BCUT2D eigenvalue weighted by Crippen LogP contribution is 2.14. The number of nitrogens with two attached hydrogens (primary N) is 1. The van der Waals surface area contributed by atoms with Crippen LogP contribution in [0.2, 0.25) is 0 Å². The van der Waals surface area contributed by atoms with Crippen LogP contribution in [0.25, 0.3) is 0 Å². The van der Waals surface area contributed by atoms with Crippen molar-refractivity contribution in [3.8, 4) is 11.8 Å². The monoisotopic (exact) mass is 223 g/mol. The van der Waals surface area contributed by atoms with Crippen LogP contribution in [0, 0.1) is 18.8 Å². The van der Waals surface area contributed by atoms with E-state index in [1.54, 1.807) is 0 Å². The molecule has 1 aromatic rings. The molecule has 0 saturated carbocycles. The molecule has 0 amide bonds. The molecule has 1 rings (SSSR count).